The zero-order valence-corrected chi connectivity index (χ0v) is 19.3. The fourth-order valence-electron chi connectivity index (χ4n) is 3.69. The van der Waals surface area contributed by atoms with Crippen molar-refractivity contribution in [2.24, 2.45) is 5.92 Å². The second-order valence-electron chi connectivity index (χ2n) is 7.65. The molecule has 0 aliphatic carbocycles. The van der Waals surface area contributed by atoms with Gasteiger partial charge in [-0.25, -0.2) is 8.42 Å². The summed E-state index contributed by atoms with van der Waals surface area (Å²) in [5.74, 6) is 0.812. The number of ether oxygens (including phenoxy) is 2. The lowest BCUT2D eigenvalue weighted by Gasteiger charge is -2.30. The van der Waals surface area contributed by atoms with E-state index in [1.54, 1.807) is 26.4 Å². The number of sulfonamides is 1. The van der Waals surface area contributed by atoms with Gasteiger partial charge in [0.15, 0.2) is 5.78 Å². The Morgan fingerprint density at radius 3 is 2.25 bits per heavy atom. The minimum absolute atomic E-state index is 0.106. The van der Waals surface area contributed by atoms with E-state index < -0.39 is 10.0 Å². The molecule has 1 aliphatic rings. The summed E-state index contributed by atoms with van der Waals surface area (Å²) in [6, 6.07) is 11.3. The maximum atomic E-state index is 12.9. The monoisotopic (exact) mass is 460 g/mol. The molecule has 0 unspecified atom stereocenters. The van der Waals surface area contributed by atoms with Crippen LogP contribution in [0.3, 0.4) is 0 Å². The molecule has 0 saturated carbocycles. The molecule has 0 spiro atoms. The fraction of sp³-hybridized carbons (Fsp3) is 0.391. The van der Waals surface area contributed by atoms with Crippen LogP contribution in [-0.2, 0) is 21.4 Å². The highest BCUT2D eigenvalue weighted by molar-refractivity contribution is 7.89. The van der Waals surface area contributed by atoms with E-state index in [1.165, 1.54) is 35.5 Å². The number of rotatable bonds is 8. The van der Waals surface area contributed by atoms with E-state index in [9.17, 15) is 18.0 Å². The van der Waals surface area contributed by atoms with Crippen LogP contribution in [0.2, 0.25) is 0 Å². The van der Waals surface area contributed by atoms with E-state index in [2.05, 4.69) is 5.32 Å². The smallest absolute Gasteiger partial charge is 0.243 e. The average Bonchev–Trinajstić information content (AvgIpc) is 2.82. The number of amides is 1. The predicted molar refractivity (Wildman–Crippen MR) is 119 cm³/mol. The lowest BCUT2D eigenvalue weighted by Crippen LogP contribution is -2.42. The Bertz CT molecular complexity index is 1070. The zero-order valence-electron chi connectivity index (χ0n) is 18.5. The standard InChI is InChI=1S/C23H28N2O6S/c1-16(26)17-5-8-21(9-6-17)32(28,29)25-12-10-18(11-13-25)23(27)24-15-19-4-7-20(30-2)14-22(19)31-3/h4-9,14,18H,10-13,15H2,1-3H3,(H,24,27). The Morgan fingerprint density at radius 1 is 1.03 bits per heavy atom. The first-order chi connectivity index (χ1) is 15.3. The first kappa shape index (κ1) is 23.7. The summed E-state index contributed by atoms with van der Waals surface area (Å²) in [6.45, 7) is 2.28. The minimum atomic E-state index is -3.66. The maximum absolute atomic E-state index is 12.9. The van der Waals surface area contributed by atoms with E-state index >= 15 is 0 Å². The second kappa shape index (κ2) is 10.1. The van der Waals surface area contributed by atoms with Gasteiger partial charge in [0.05, 0.1) is 19.1 Å². The van der Waals surface area contributed by atoms with E-state index in [1.807, 2.05) is 6.07 Å². The van der Waals surface area contributed by atoms with Crippen LogP contribution in [0.5, 0.6) is 11.5 Å². The second-order valence-corrected chi connectivity index (χ2v) is 9.59. The Kier molecular flexibility index (Phi) is 7.52. The van der Waals surface area contributed by atoms with E-state index in [4.69, 9.17) is 9.47 Å². The van der Waals surface area contributed by atoms with Gasteiger partial charge in [0.2, 0.25) is 15.9 Å². The summed E-state index contributed by atoms with van der Waals surface area (Å²) in [5, 5.41) is 2.92. The Hall–Kier alpha value is -2.91. The summed E-state index contributed by atoms with van der Waals surface area (Å²) >= 11 is 0. The molecule has 0 radical (unpaired) electrons. The third kappa shape index (κ3) is 5.28. The minimum Gasteiger partial charge on any atom is -0.497 e. The van der Waals surface area contributed by atoms with Gasteiger partial charge in [-0.15, -0.1) is 0 Å². The van der Waals surface area contributed by atoms with Crippen LogP contribution in [0.1, 0.15) is 35.7 Å². The van der Waals surface area contributed by atoms with Gasteiger partial charge in [-0.2, -0.15) is 4.31 Å². The number of benzene rings is 2. The summed E-state index contributed by atoms with van der Waals surface area (Å²) in [6.07, 6.45) is 0.882. The molecule has 1 aliphatic heterocycles. The molecule has 1 heterocycles. The number of Topliss-reactive ketones (excluding diaryl/α,β-unsaturated/α-hetero) is 1. The highest BCUT2D eigenvalue weighted by Crippen LogP contribution is 2.26. The number of nitrogens with one attached hydrogen (secondary N) is 1. The molecule has 32 heavy (non-hydrogen) atoms. The molecule has 2 aromatic rings. The molecule has 9 heteroatoms. The largest absolute Gasteiger partial charge is 0.497 e. The topological polar surface area (TPSA) is 102 Å². The molecule has 1 fully saturated rings. The van der Waals surface area contributed by atoms with Crippen molar-refractivity contribution in [3.05, 3.63) is 53.6 Å². The van der Waals surface area contributed by atoms with Gasteiger partial charge in [0.1, 0.15) is 11.5 Å². The van der Waals surface area contributed by atoms with E-state index in [0.29, 0.717) is 36.4 Å². The average molecular weight is 461 g/mol. The summed E-state index contributed by atoms with van der Waals surface area (Å²) in [4.78, 5) is 24.2. The van der Waals surface area contributed by atoms with Crippen LogP contribution in [0.25, 0.3) is 0 Å². The van der Waals surface area contributed by atoms with Crippen molar-refractivity contribution >= 4 is 21.7 Å². The van der Waals surface area contributed by atoms with Gasteiger partial charge in [-0.1, -0.05) is 12.1 Å². The van der Waals surface area contributed by atoms with Crippen molar-refractivity contribution in [2.75, 3.05) is 27.3 Å². The summed E-state index contributed by atoms with van der Waals surface area (Å²) in [7, 11) is -0.530. The lowest BCUT2D eigenvalue weighted by atomic mass is 9.97. The molecule has 0 atom stereocenters. The highest BCUT2D eigenvalue weighted by atomic mass is 32.2. The third-order valence-electron chi connectivity index (χ3n) is 5.67. The molecule has 0 bridgehead atoms. The molecule has 8 nitrogen and oxygen atoms in total. The Labute approximate surface area is 188 Å². The Balaban J connectivity index is 1.57. The SMILES string of the molecule is COc1ccc(CNC(=O)C2CCN(S(=O)(=O)c3ccc(C(C)=O)cc3)CC2)c(OC)c1. The molecular formula is C23H28N2O6S. The number of hydrogen-bond donors (Lipinski definition) is 1. The van der Waals surface area contributed by atoms with Gasteiger partial charge in [0.25, 0.3) is 0 Å². The fourth-order valence-corrected chi connectivity index (χ4v) is 5.16. The predicted octanol–water partition coefficient (Wildman–Crippen LogP) is 2.62. The van der Waals surface area contributed by atoms with Crippen LogP contribution in [0, 0.1) is 5.92 Å². The molecule has 3 rings (SSSR count). The lowest BCUT2D eigenvalue weighted by molar-refractivity contribution is -0.126. The van der Waals surface area contributed by atoms with E-state index in [0.717, 1.165) is 5.56 Å². The number of piperidine rings is 1. The van der Waals surface area contributed by atoms with Gasteiger partial charge >= 0.3 is 0 Å². The van der Waals surface area contributed by atoms with Crippen molar-refractivity contribution in [1.82, 2.24) is 9.62 Å². The summed E-state index contributed by atoms with van der Waals surface area (Å²) < 4.78 is 37.7. The summed E-state index contributed by atoms with van der Waals surface area (Å²) in [5.41, 5.74) is 1.29. The molecular weight excluding hydrogens is 432 g/mol. The van der Waals surface area contributed by atoms with Gasteiger partial charge < -0.3 is 14.8 Å². The molecule has 1 saturated heterocycles. The number of methoxy groups -OCH3 is 2. The van der Waals surface area contributed by atoms with Crippen LogP contribution < -0.4 is 14.8 Å². The van der Waals surface area contributed by atoms with Crippen LogP contribution in [0.15, 0.2) is 47.4 Å². The van der Waals surface area contributed by atoms with Crippen LogP contribution in [-0.4, -0.2) is 51.7 Å². The maximum Gasteiger partial charge on any atom is 0.243 e. The van der Waals surface area contributed by atoms with Gasteiger partial charge in [-0.05, 0) is 44.0 Å². The molecule has 1 N–H and O–H groups in total. The molecule has 172 valence electrons. The van der Waals surface area contributed by atoms with Crippen molar-refractivity contribution in [2.45, 2.75) is 31.2 Å². The quantitative estimate of drug-likeness (QED) is 0.608. The number of ketones is 1. The molecule has 1 amide bonds. The number of carbonyl (C=O) groups excluding carboxylic acids is 2. The van der Waals surface area contributed by atoms with Crippen molar-refractivity contribution in [3.63, 3.8) is 0 Å². The van der Waals surface area contributed by atoms with Crippen molar-refractivity contribution in [1.29, 1.82) is 0 Å². The number of nitrogens with zero attached hydrogens (tertiary/aromatic N) is 1. The first-order valence-electron chi connectivity index (χ1n) is 10.4. The molecule has 0 aromatic heterocycles. The van der Waals surface area contributed by atoms with E-state index in [-0.39, 0.29) is 35.6 Å². The first-order valence-corrected chi connectivity index (χ1v) is 11.8. The molecule has 2 aromatic carbocycles. The number of hydrogen-bond acceptors (Lipinski definition) is 6. The number of carbonyl (C=O) groups is 2. The van der Waals surface area contributed by atoms with Crippen LogP contribution in [0.4, 0.5) is 0 Å². The third-order valence-corrected chi connectivity index (χ3v) is 7.58. The highest BCUT2D eigenvalue weighted by Gasteiger charge is 2.32. The normalized spacial score (nSPS) is 15.2. The van der Waals surface area contributed by atoms with Gasteiger partial charge in [-0.3, -0.25) is 9.59 Å². The zero-order chi connectivity index (χ0) is 23.3. The Morgan fingerprint density at radius 2 is 1.69 bits per heavy atom. The van der Waals surface area contributed by atoms with Gasteiger partial charge in [0, 0.05) is 42.7 Å². The van der Waals surface area contributed by atoms with Crippen molar-refractivity contribution in [3.8, 4) is 11.5 Å². The van der Waals surface area contributed by atoms with Crippen LogP contribution >= 0.6 is 0 Å². The van der Waals surface area contributed by atoms with Crippen molar-refractivity contribution < 1.29 is 27.5 Å².